The molecule has 1 atom stereocenters. The average molecular weight is 422 g/mol. The molecule has 1 heterocycles. The van der Waals surface area contributed by atoms with E-state index in [9.17, 15) is 19.1 Å². The van der Waals surface area contributed by atoms with Gasteiger partial charge in [-0.1, -0.05) is 47.5 Å². The van der Waals surface area contributed by atoms with Crippen molar-refractivity contribution in [3.8, 4) is 0 Å². The SMILES string of the molecule is Cc1ccc(N2C(=O)C(=O)/C(=C(/O)c3ccc(Cl)cc3)[C@H]2c2ccccc2F)cc1. The van der Waals surface area contributed by atoms with E-state index in [0.717, 1.165) is 5.56 Å². The summed E-state index contributed by atoms with van der Waals surface area (Å²) < 4.78 is 14.8. The maximum absolute atomic E-state index is 14.8. The fraction of sp³-hybridized carbons (Fsp3) is 0.0833. The lowest BCUT2D eigenvalue weighted by Crippen LogP contribution is -2.29. The van der Waals surface area contributed by atoms with E-state index in [1.165, 1.54) is 35.2 Å². The number of nitrogens with zero attached hydrogens (tertiary/aromatic N) is 1. The summed E-state index contributed by atoms with van der Waals surface area (Å²) in [6.07, 6.45) is 0. The molecule has 4 rings (SSSR count). The van der Waals surface area contributed by atoms with Gasteiger partial charge in [-0.25, -0.2) is 4.39 Å². The van der Waals surface area contributed by atoms with Crippen LogP contribution >= 0.6 is 11.6 Å². The topological polar surface area (TPSA) is 57.6 Å². The number of carbonyl (C=O) groups is 2. The molecule has 1 fully saturated rings. The Morgan fingerprint density at radius 3 is 2.23 bits per heavy atom. The maximum Gasteiger partial charge on any atom is 0.300 e. The van der Waals surface area contributed by atoms with Gasteiger partial charge in [-0.2, -0.15) is 0 Å². The first kappa shape index (κ1) is 19.9. The molecule has 0 radical (unpaired) electrons. The summed E-state index contributed by atoms with van der Waals surface area (Å²) in [6.45, 7) is 1.90. The molecular formula is C24H17ClFNO3. The standard InChI is InChI=1S/C24H17ClFNO3/c1-14-6-12-17(13-7-14)27-21(18-4-2-3-5-19(18)26)20(23(29)24(27)30)22(28)15-8-10-16(25)11-9-15/h2-13,21,28H,1H3/b22-20+/t21-/m1/s1. The van der Waals surface area contributed by atoms with Crippen LogP contribution in [0.15, 0.2) is 78.4 Å². The highest BCUT2D eigenvalue weighted by Gasteiger charge is 2.47. The molecule has 0 spiro atoms. The van der Waals surface area contributed by atoms with Crippen molar-refractivity contribution in [2.45, 2.75) is 13.0 Å². The number of hydrogen-bond donors (Lipinski definition) is 1. The molecule has 4 nitrogen and oxygen atoms in total. The van der Waals surface area contributed by atoms with Crippen molar-refractivity contribution in [1.29, 1.82) is 0 Å². The van der Waals surface area contributed by atoms with E-state index in [1.54, 1.807) is 42.5 Å². The highest BCUT2D eigenvalue weighted by Crippen LogP contribution is 2.42. The molecule has 1 aliphatic heterocycles. The molecule has 1 amide bonds. The Morgan fingerprint density at radius 2 is 1.60 bits per heavy atom. The lowest BCUT2D eigenvalue weighted by Gasteiger charge is -2.25. The second-order valence-electron chi connectivity index (χ2n) is 7.03. The van der Waals surface area contributed by atoms with E-state index in [0.29, 0.717) is 16.3 Å². The van der Waals surface area contributed by atoms with Gasteiger partial charge in [-0.3, -0.25) is 14.5 Å². The zero-order valence-corrected chi connectivity index (χ0v) is 16.7. The Balaban J connectivity index is 1.96. The summed E-state index contributed by atoms with van der Waals surface area (Å²) >= 11 is 5.91. The van der Waals surface area contributed by atoms with Gasteiger partial charge in [0.25, 0.3) is 11.7 Å². The molecule has 1 saturated heterocycles. The van der Waals surface area contributed by atoms with E-state index >= 15 is 0 Å². The largest absolute Gasteiger partial charge is 0.507 e. The highest BCUT2D eigenvalue weighted by molar-refractivity contribution is 6.51. The van der Waals surface area contributed by atoms with Crippen molar-refractivity contribution in [3.05, 3.63) is 106 Å². The molecule has 3 aromatic rings. The van der Waals surface area contributed by atoms with Gasteiger partial charge in [0.2, 0.25) is 0 Å². The van der Waals surface area contributed by atoms with Crippen LogP contribution in [0.5, 0.6) is 0 Å². The van der Waals surface area contributed by atoms with Gasteiger partial charge in [0.1, 0.15) is 11.6 Å². The van der Waals surface area contributed by atoms with Crippen LogP contribution in [0.4, 0.5) is 10.1 Å². The van der Waals surface area contributed by atoms with Crippen molar-refractivity contribution in [1.82, 2.24) is 0 Å². The van der Waals surface area contributed by atoms with Crippen LogP contribution in [0.1, 0.15) is 22.7 Å². The number of carbonyl (C=O) groups excluding carboxylic acids is 2. The first-order valence-electron chi connectivity index (χ1n) is 9.26. The number of aliphatic hydroxyl groups is 1. The number of aryl methyl sites for hydroxylation is 1. The highest BCUT2D eigenvalue weighted by atomic mass is 35.5. The minimum Gasteiger partial charge on any atom is -0.507 e. The first-order valence-corrected chi connectivity index (χ1v) is 9.64. The number of anilines is 1. The second-order valence-corrected chi connectivity index (χ2v) is 7.47. The molecule has 0 aliphatic carbocycles. The molecule has 30 heavy (non-hydrogen) atoms. The van der Waals surface area contributed by atoms with Crippen LogP contribution in [0.25, 0.3) is 5.76 Å². The quantitative estimate of drug-likeness (QED) is 0.349. The van der Waals surface area contributed by atoms with Gasteiger partial charge < -0.3 is 5.11 Å². The first-order chi connectivity index (χ1) is 14.4. The summed E-state index contributed by atoms with van der Waals surface area (Å²) in [7, 11) is 0. The normalized spacial score (nSPS) is 18.1. The third-order valence-corrected chi connectivity index (χ3v) is 5.33. The van der Waals surface area contributed by atoms with Gasteiger partial charge >= 0.3 is 0 Å². The summed E-state index contributed by atoms with van der Waals surface area (Å²) in [5.41, 5.74) is 1.66. The second kappa shape index (κ2) is 7.76. The van der Waals surface area contributed by atoms with Gasteiger partial charge in [-0.15, -0.1) is 0 Å². The number of hydrogen-bond acceptors (Lipinski definition) is 3. The van der Waals surface area contributed by atoms with E-state index in [1.807, 2.05) is 6.92 Å². The van der Waals surface area contributed by atoms with E-state index in [-0.39, 0.29) is 16.9 Å². The Labute approximate surface area is 177 Å². The summed E-state index contributed by atoms with van der Waals surface area (Å²) in [5.74, 6) is -2.67. The van der Waals surface area contributed by atoms with Crippen LogP contribution in [-0.4, -0.2) is 16.8 Å². The molecule has 0 unspecified atom stereocenters. The monoisotopic (exact) mass is 421 g/mol. The molecular weight excluding hydrogens is 405 g/mol. The van der Waals surface area contributed by atoms with Gasteiger partial charge in [0, 0.05) is 21.8 Å². The Hall–Kier alpha value is -3.44. The van der Waals surface area contributed by atoms with Crippen LogP contribution in [0, 0.1) is 12.7 Å². The minimum absolute atomic E-state index is 0.118. The third-order valence-electron chi connectivity index (χ3n) is 5.07. The van der Waals surface area contributed by atoms with E-state index < -0.39 is 23.5 Å². The van der Waals surface area contributed by atoms with Gasteiger partial charge in [0.15, 0.2) is 0 Å². The average Bonchev–Trinajstić information content (AvgIpc) is 3.00. The van der Waals surface area contributed by atoms with E-state index in [4.69, 9.17) is 11.6 Å². The zero-order chi connectivity index (χ0) is 21.4. The van der Waals surface area contributed by atoms with Crippen molar-refractivity contribution < 1.29 is 19.1 Å². The Morgan fingerprint density at radius 1 is 0.967 bits per heavy atom. The van der Waals surface area contributed by atoms with Crippen LogP contribution < -0.4 is 4.90 Å². The van der Waals surface area contributed by atoms with Crippen molar-refractivity contribution in [3.63, 3.8) is 0 Å². The zero-order valence-electron chi connectivity index (χ0n) is 16.0. The lowest BCUT2D eigenvalue weighted by molar-refractivity contribution is -0.132. The molecule has 3 aromatic carbocycles. The minimum atomic E-state index is -1.11. The molecule has 1 N–H and O–H groups in total. The maximum atomic E-state index is 14.8. The summed E-state index contributed by atoms with van der Waals surface area (Å²) in [6, 6.07) is 18.0. The van der Waals surface area contributed by atoms with Gasteiger partial charge in [-0.05, 0) is 49.4 Å². The number of ketones is 1. The number of aliphatic hydroxyl groups excluding tert-OH is 1. The number of amides is 1. The molecule has 1 aliphatic rings. The van der Waals surface area contributed by atoms with Crippen molar-refractivity contribution in [2.24, 2.45) is 0 Å². The lowest BCUT2D eigenvalue weighted by atomic mass is 9.94. The van der Waals surface area contributed by atoms with Crippen molar-refractivity contribution in [2.75, 3.05) is 4.90 Å². The smallest absolute Gasteiger partial charge is 0.300 e. The fourth-order valence-corrected chi connectivity index (χ4v) is 3.68. The Bertz CT molecular complexity index is 1170. The third kappa shape index (κ3) is 3.37. The predicted octanol–water partition coefficient (Wildman–Crippen LogP) is 5.41. The number of rotatable bonds is 3. The number of benzene rings is 3. The molecule has 0 saturated carbocycles. The molecule has 0 bridgehead atoms. The predicted molar refractivity (Wildman–Crippen MR) is 114 cm³/mol. The number of Topliss-reactive ketones (excluding diaryl/α,β-unsaturated/α-hetero) is 1. The number of halogens is 2. The Kier molecular flexibility index (Phi) is 5.14. The van der Waals surface area contributed by atoms with Crippen LogP contribution in [0.2, 0.25) is 5.02 Å². The van der Waals surface area contributed by atoms with Crippen molar-refractivity contribution >= 4 is 34.7 Å². The van der Waals surface area contributed by atoms with Crippen LogP contribution in [0.3, 0.4) is 0 Å². The summed E-state index contributed by atoms with van der Waals surface area (Å²) in [5, 5.41) is 11.4. The molecule has 0 aromatic heterocycles. The van der Waals surface area contributed by atoms with Gasteiger partial charge in [0.05, 0.1) is 11.6 Å². The molecule has 6 heteroatoms. The van der Waals surface area contributed by atoms with E-state index in [2.05, 4.69) is 0 Å². The summed E-state index contributed by atoms with van der Waals surface area (Å²) in [4.78, 5) is 27.2. The molecule has 150 valence electrons. The fourth-order valence-electron chi connectivity index (χ4n) is 3.56. The van der Waals surface area contributed by atoms with Crippen LogP contribution in [-0.2, 0) is 9.59 Å².